The van der Waals surface area contributed by atoms with Gasteiger partial charge in [-0.2, -0.15) is 0 Å². The van der Waals surface area contributed by atoms with Gasteiger partial charge < -0.3 is 10.4 Å². The zero-order valence-electron chi connectivity index (χ0n) is 12.0. The molecule has 0 spiro atoms. The number of nitrogens with one attached hydrogen (secondary N) is 1. The maximum Gasteiger partial charge on any atom is 0.416 e. The molecule has 1 aliphatic rings. The second-order valence-electron chi connectivity index (χ2n) is 5.43. The molecule has 2 N–H and O–H groups in total. The number of benzene rings is 1. The highest BCUT2D eigenvalue weighted by Crippen LogP contribution is 2.29. The predicted molar refractivity (Wildman–Crippen MR) is 81.7 cm³/mol. The van der Waals surface area contributed by atoms with E-state index in [1.807, 2.05) is 24.3 Å². The molecule has 6 nitrogen and oxygen atoms in total. The van der Waals surface area contributed by atoms with E-state index in [1.54, 1.807) is 13.3 Å². The van der Waals surface area contributed by atoms with Crippen molar-refractivity contribution < 1.29 is 9.90 Å². The lowest BCUT2D eigenvalue weighted by Crippen LogP contribution is -2.08. The minimum atomic E-state index is -0.965. The maximum absolute atomic E-state index is 11.3. The third-order valence-electron chi connectivity index (χ3n) is 4.08. The van der Waals surface area contributed by atoms with E-state index in [-0.39, 0.29) is 0 Å². The third kappa shape index (κ3) is 1.81. The van der Waals surface area contributed by atoms with Gasteiger partial charge in [0, 0.05) is 35.3 Å². The summed E-state index contributed by atoms with van der Waals surface area (Å²) >= 11 is 0. The Bertz CT molecular complexity index is 914. The van der Waals surface area contributed by atoms with Crippen molar-refractivity contribution in [3.63, 3.8) is 0 Å². The van der Waals surface area contributed by atoms with Gasteiger partial charge in [-0.15, -0.1) is 0 Å². The Kier molecular flexibility index (Phi) is 2.74. The Labute approximate surface area is 126 Å². The average Bonchev–Trinajstić information content (AvgIpc) is 3.08. The molecular formula is C16H14N4O2. The molecule has 0 radical (unpaired) electrons. The van der Waals surface area contributed by atoms with Crippen LogP contribution in [0.25, 0.3) is 22.2 Å². The molecular weight excluding hydrogens is 280 g/mol. The van der Waals surface area contributed by atoms with Gasteiger partial charge in [0.2, 0.25) is 0 Å². The van der Waals surface area contributed by atoms with Gasteiger partial charge in [-0.3, -0.25) is 4.57 Å². The standard InChI is InChI=1S/C16H14N4O2/c1-9-4-11-5-10(2-3-14(11)20(9)16(21)22)15-12-6-17-7-13(12)18-8-19-15/h2-5,8,17H,6-7H2,1H3,(H,21,22). The summed E-state index contributed by atoms with van der Waals surface area (Å²) in [7, 11) is 0. The van der Waals surface area contributed by atoms with E-state index >= 15 is 0 Å². The Balaban J connectivity index is 1.91. The maximum atomic E-state index is 11.3. The summed E-state index contributed by atoms with van der Waals surface area (Å²) in [6, 6.07) is 7.63. The van der Waals surface area contributed by atoms with Gasteiger partial charge >= 0.3 is 6.09 Å². The molecule has 6 heteroatoms. The smallest absolute Gasteiger partial charge is 0.416 e. The summed E-state index contributed by atoms with van der Waals surface area (Å²) in [6.45, 7) is 3.32. The first kappa shape index (κ1) is 13.0. The first-order valence-corrected chi connectivity index (χ1v) is 7.04. The molecule has 0 saturated heterocycles. The van der Waals surface area contributed by atoms with Crippen LogP contribution in [0.5, 0.6) is 0 Å². The number of aromatic nitrogens is 3. The molecule has 0 aliphatic carbocycles. The van der Waals surface area contributed by atoms with Gasteiger partial charge in [-0.05, 0) is 25.1 Å². The largest absolute Gasteiger partial charge is 0.464 e. The molecule has 0 amide bonds. The van der Waals surface area contributed by atoms with Crippen LogP contribution in [0.15, 0.2) is 30.6 Å². The molecule has 2 aromatic heterocycles. The normalized spacial score (nSPS) is 13.5. The van der Waals surface area contributed by atoms with Crippen molar-refractivity contribution in [3.8, 4) is 11.3 Å². The van der Waals surface area contributed by atoms with Crippen LogP contribution in [0.2, 0.25) is 0 Å². The van der Waals surface area contributed by atoms with E-state index < -0.39 is 6.09 Å². The highest BCUT2D eigenvalue weighted by atomic mass is 16.4. The Morgan fingerprint density at radius 2 is 2.14 bits per heavy atom. The van der Waals surface area contributed by atoms with Gasteiger partial charge in [0.05, 0.1) is 16.9 Å². The molecule has 0 bridgehead atoms. The fourth-order valence-corrected chi connectivity index (χ4v) is 3.10. The number of fused-ring (bicyclic) bond motifs is 2. The van der Waals surface area contributed by atoms with E-state index in [0.29, 0.717) is 11.2 Å². The second-order valence-corrected chi connectivity index (χ2v) is 5.43. The highest BCUT2D eigenvalue weighted by molar-refractivity contribution is 5.92. The summed E-state index contributed by atoms with van der Waals surface area (Å²) < 4.78 is 1.30. The van der Waals surface area contributed by atoms with Crippen molar-refractivity contribution >= 4 is 17.0 Å². The lowest BCUT2D eigenvalue weighted by Gasteiger charge is -2.07. The fraction of sp³-hybridized carbons (Fsp3) is 0.188. The van der Waals surface area contributed by atoms with Crippen LogP contribution in [-0.2, 0) is 13.1 Å². The van der Waals surface area contributed by atoms with Crippen LogP contribution < -0.4 is 5.32 Å². The number of aryl methyl sites for hydroxylation is 1. The quantitative estimate of drug-likeness (QED) is 0.721. The van der Waals surface area contributed by atoms with Crippen molar-refractivity contribution in [3.05, 3.63) is 47.5 Å². The summed E-state index contributed by atoms with van der Waals surface area (Å²) in [6.07, 6.45) is 0.617. The second kappa shape index (κ2) is 4.64. The molecule has 0 fully saturated rings. The minimum Gasteiger partial charge on any atom is -0.464 e. The zero-order chi connectivity index (χ0) is 15.3. The van der Waals surface area contributed by atoms with E-state index in [4.69, 9.17) is 0 Å². The van der Waals surface area contributed by atoms with Crippen LogP contribution in [0, 0.1) is 6.92 Å². The molecule has 110 valence electrons. The van der Waals surface area contributed by atoms with E-state index in [2.05, 4.69) is 15.3 Å². The van der Waals surface area contributed by atoms with E-state index in [9.17, 15) is 9.90 Å². The lowest BCUT2D eigenvalue weighted by molar-refractivity contribution is 0.197. The lowest BCUT2D eigenvalue weighted by atomic mass is 10.0. The zero-order valence-corrected chi connectivity index (χ0v) is 12.0. The van der Waals surface area contributed by atoms with Gasteiger partial charge in [-0.25, -0.2) is 14.8 Å². The summed E-state index contributed by atoms with van der Waals surface area (Å²) in [5, 5.41) is 13.5. The minimum absolute atomic E-state index is 0.692. The number of carbonyl (C=O) groups is 1. The Morgan fingerprint density at radius 3 is 2.95 bits per heavy atom. The number of hydrogen-bond donors (Lipinski definition) is 2. The number of rotatable bonds is 1. The summed E-state index contributed by atoms with van der Waals surface area (Å²) in [5.41, 5.74) is 5.45. The molecule has 22 heavy (non-hydrogen) atoms. The van der Waals surface area contributed by atoms with Crippen LogP contribution in [0.4, 0.5) is 4.79 Å². The molecule has 0 saturated carbocycles. The fourth-order valence-electron chi connectivity index (χ4n) is 3.10. The van der Waals surface area contributed by atoms with Crippen LogP contribution in [-0.4, -0.2) is 25.7 Å². The van der Waals surface area contributed by atoms with Crippen LogP contribution in [0.1, 0.15) is 17.0 Å². The van der Waals surface area contributed by atoms with Crippen molar-refractivity contribution in [1.29, 1.82) is 0 Å². The number of nitrogens with zero attached hydrogens (tertiary/aromatic N) is 3. The third-order valence-corrected chi connectivity index (χ3v) is 4.08. The first-order valence-electron chi connectivity index (χ1n) is 7.04. The molecule has 0 unspecified atom stereocenters. The number of hydrogen-bond acceptors (Lipinski definition) is 4. The molecule has 3 aromatic rings. The Morgan fingerprint density at radius 1 is 1.27 bits per heavy atom. The van der Waals surface area contributed by atoms with Crippen LogP contribution in [0.3, 0.4) is 0 Å². The van der Waals surface area contributed by atoms with Crippen molar-refractivity contribution in [2.75, 3.05) is 0 Å². The molecule has 1 aromatic carbocycles. The molecule has 1 aliphatic heterocycles. The monoisotopic (exact) mass is 294 g/mol. The molecule has 3 heterocycles. The average molecular weight is 294 g/mol. The topological polar surface area (TPSA) is 80.0 Å². The summed E-state index contributed by atoms with van der Waals surface area (Å²) in [5.74, 6) is 0. The van der Waals surface area contributed by atoms with Crippen molar-refractivity contribution in [2.45, 2.75) is 20.0 Å². The van der Waals surface area contributed by atoms with Gasteiger partial charge in [-0.1, -0.05) is 6.07 Å². The SMILES string of the molecule is Cc1cc2cc(-c3ncnc4c3CNC4)ccc2n1C(=O)O. The highest BCUT2D eigenvalue weighted by Gasteiger charge is 2.18. The van der Waals surface area contributed by atoms with Gasteiger partial charge in [0.1, 0.15) is 6.33 Å². The van der Waals surface area contributed by atoms with Gasteiger partial charge in [0.15, 0.2) is 0 Å². The predicted octanol–water partition coefficient (Wildman–Crippen LogP) is 2.54. The number of carboxylic acid groups (broad SMARTS) is 1. The molecule has 4 rings (SSSR count). The summed E-state index contributed by atoms with van der Waals surface area (Å²) in [4.78, 5) is 20.1. The van der Waals surface area contributed by atoms with Crippen molar-refractivity contribution in [2.24, 2.45) is 0 Å². The molecule has 0 atom stereocenters. The first-order chi connectivity index (χ1) is 10.6. The van der Waals surface area contributed by atoms with E-state index in [0.717, 1.165) is 41.0 Å². The van der Waals surface area contributed by atoms with Gasteiger partial charge in [0.25, 0.3) is 0 Å². The van der Waals surface area contributed by atoms with E-state index in [1.165, 1.54) is 4.57 Å². The Hall–Kier alpha value is -2.73. The van der Waals surface area contributed by atoms with Crippen molar-refractivity contribution in [1.82, 2.24) is 19.9 Å². The van der Waals surface area contributed by atoms with Crippen LogP contribution >= 0.6 is 0 Å².